The lowest BCUT2D eigenvalue weighted by Gasteiger charge is -2.24. The minimum atomic E-state index is -0.235. The van der Waals surface area contributed by atoms with E-state index < -0.39 is 0 Å². The van der Waals surface area contributed by atoms with Gasteiger partial charge in [0.05, 0.1) is 17.6 Å². The molecule has 35 heavy (non-hydrogen) atoms. The van der Waals surface area contributed by atoms with Crippen LogP contribution in [0.1, 0.15) is 25.8 Å². The molecule has 1 aliphatic heterocycles. The fourth-order valence-corrected chi connectivity index (χ4v) is 5.71. The van der Waals surface area contributed by atoms with E-state index in [1.54, 1.807) is 12.3 Å². The summed E-state index contributed by atoms with van der Waals surface area (Å²) in [5.41, 5.74) is 2.94. The molecule has 178 valence electrons. The Kier molecular flexibility index (Phi) is 6.79. The molecule has 1 unspecified atom stereocenters. The van der Waals surface area contributed by atoms with Crippen LogP contribution in [0.2, 0.25) is 0 Å². The molecule has 1 fully saturated rings. The smallest absolute Gasteiger partial charge is 0.172 e. The molecule has 0 radical (unpaired) electrons. The van der Waals surface area contributed by atoms with Crippen LogP contribution < -0.4 is 0 Å². The molecule has 2 aromatic carbocycles. The summed E-state index contributed by atoms with van der Waals surface area (Å²) in [7, 11) is 0. The van der Waals surface area contributed by atoms with E-state index >= 15 is 0 Å². The van der Waals surface area contributed by atoms with Gasteiger partial charge in [0.25, 0.3) is 0 Å². The highest BCUT2D eigenvalue weighted by Crippen LogP contribution is 2.35. The molecule has 3 heterocycles. The molecule has 0 amide bonds. The number of hydrogen-bond acceptors (Lipinski definition) is 5. The van der Waals surface area contributed by atoms with E-state index in [1.165, 1.54) is 30.0 Å². The molecule has 5 nitrogen and oxygen atoms in total. The third-order valence-corrected chi connectivity index (χ3v) is 7.56. The number of benzene rings is 2. The van der Waals surface area contributed by atoms with Gasteiger partial charge in [-0.2, -0.15) is 5.10 Å². The zero-order valence-corrected chi connectivity index (χ0v) is 20.4. The number of pyridine rings is 1. The zero-order chi connectivity index (χ0) is 24.4. The number of likely N-dealkylation sites (tertiary alicyclic amines) is 1. The van der Waals surface area contributed by atoms with Crippen LogP contribution in [0.3, 0.4) is 0 Å². The van der Waals surface area contributed by atoms with Crippen molar-refractivity contribution in [3.63, 3.8) is 0 Å². The van der Waals surface area contributed by atoms with E-state index in [9.17, 15) is 9.18 Å². The minimum absolute atomic E-state index is 0.0829. The maximum atomic E-state index is 13.5. The average molecular weight is 487 g/mol. The molecule has 1 aliphatic rings. The highest BCUT2D eigenvalue weighted by Gasteiger charge is 2.32. The number of nitrogens with zero attached hydrogens (tertiary/aromatic N) is 4. The predicted molar refractivity (Wildman–Crippen MR) is 138 cm³/mol. The lowest BCUT2D eigenvalue weighted by molar-refractivity contribution is -0.119. The van der Waals surface area contributed by atoms with Crippen molar-refractivity contribution in [1.82, 2.24) is 19.7 Å². The number of halogens is 1. The molecule has 0 spiro atoms. The quantitative estimate of drug-likeness (QED) is 0.279. The molecular formula is C28H27FN4OS. The highest BCUT2D eigenvalue weighted by molar-refractivity contribution is 7.99. The molecule has 4 aromatic rings. The van der Waals surface area contributed by atoms with Crippen LogP contribution in [-0.2, 0) is 4.79 Å². The van der Waals surface area contributed by atoms with Crippen molar-refractivity contribution in [3.05, 3.63) is 85.5 Å². The van der Waals surface area contributed by atoms with Crippen molar-refractivity contribution in [2.24, 2.45) is 0 Å². The van der Waals surface area contributed by atoms with Crippen LogP contribution in [0.4, 0.5) is 4.39 Å². The maximum Gasteiger partial charge on any atom is 0.172 e. The standard InChI is InChI=1S/C28H27FN4OS/c1-3-25(27(34)4-2)32-15-13-21(18-32)33-26-12-14-30-17-24(26)28(31-33)19-8-10-22(11-9-19)35-23-7-5-6-20(29)16-23/h4-12,14,16-17,21,25H,2-3,13,15,18H2,1H3/t21?,25-/m1/s1. The Balaban J connectivity index is 1.42. The Bertz CT molecular complexity index is 1370. The number of carbonyl (C=O) groups excluding carboxylic acids is 1. The number of fused-ring (bicyclic) bond motifs is 1. The van der Waals surface area contributed by atoms with Gasteiger partial charge in [-0.25, -0.2) is 4.39 Å². The summed E-state index contributed by atoms with van der Waals surface area (Å²) >= 11 is 1.53. The Hall–Kier alpha value is -3.29. The lowest BCUT2D eigenvalue weighted by atomic mass is 10.1. The molecular weight excluding hydrogens is 459 g/mol. The third-order valence-electron chi connectivity index (χ3n) is 6.57. The highest BCUT2D eigenvalue weighted by atomic mass is 32.2. The summed E-state index contributed by atoms with van der Waals surface area (Å²) in [5, 5.41) is 6.05. The summed E-state index contributed by atoms with van der Waals surface area (Å²) in [6.07, 6.45) is 6.80. The molecule has 2 aromatic heterocycles. The molecule has 7 heteroatoms. The Morgan fingerprint density at radius 1 is 1.23 bits per heavy atom. The molecule has 0 saturated carbocycles. The Morgan fingerprint density at radius 3 is 2.80 bits per heavy atom. The van der Waals surface area contributed by atoms with Crippen LogP contribution in [0.15, 0.2) is 89.4 Å². The van der Waals surface area contributed by atoms with Crippen molar-refractivity contribution in [1.29, 1.82) is 0 Å². The zero-order valence-electron chi connectivity index (χ0n) is 19.6. The number of ketones is 1. The van der Waals surface area contributed by atoms with E-state index in [4.69, 9.17) is 5.10 Å². The van der Waals surface area contributed by atoms with Gasteiger partial charge < -0.3 is 0 Å². The molecule has 0 aliphatic carbocycles. The molecule has 0 bridgehead atoms. The predicted octanol–water partition coefficient (Wildman–Crippen LogP) is 6.17. The minimum Gasteiger partial charge on any atom is -0.293 e. The SMILES string of the molecule is C=CC(=O)[C@@H](CC)N1CCC(n2nc(-c3ccc(Sc4cccc(F)c4)cc3)c3cnccc32)C1. The average Bonchev–Trinajstić information content (AvgIpc) is 3.50. The van der Waals surface area contributed by atoms with Crippen molar-refractivity contribution in [2.45, 2.75) is 41.6 Å². The maximum absolute atomic E-state index is 13.5. The van der Waals surface area contributed by atoms with Crippen molar-refractivity contribution in [2.75, 3.05) is 13.1 Å². The summed E-state index contributed by atoms with van der Waals surface area (Å²) in [5.74, 6) is -0.153. The van der Waals surface area contributed by atoms with E-state index in [0.717, 1.165) is 57.9 Å². The first-order valence-electron chi connectivity index (χ1n) is 11.8. The summed E-state index contributed by atoms with van der Waals surface area (Å²) in [6.45, 7) is 7.35. The van der Waals surface area contributed by atoms with E-state index in [0.29, 0.717) is 0 Å². The fraction of sp³-hybridized carbons (Fsp3) is 0.250. The van der Waals surface area contributed by atoms with E-state index in [2.05, 4.69) is 33.3 Å². The second-order valence-corrected chi connectivity index (χ2v) is 9.88. The normalized spacial score (nSPS) is 17.0. The van der Waals surface area contributed by atoms with Gasteiger partial charge in [-0.15, -0.1) is 0 Å². The second-order valence-electron chi connectivity index (χ2n) is 8.74. The van der Waals surface area contributed by atoms with Gasteiger partial charge in [0.1, 0.15) is 11.5 Å². The fourth-order valence-electron chi connectivity index (χ4n) is 4.85. The lowest BCUT2D eigenvalue weighted by Crippen LogP contribution is -2.38. The van der Waals surface area contributed by atoms with Gasteiger partial charge in [-0.05, 0) is 55.3 Å². The van der Waals surface area contributed by atoms with Gasteiger partial charge in [0.2, 0.25) is 0 Å². The summed E-state index contributed by atoms with van der Waals surface area (Å²) in [6, 6.07) is 16.9. The van der Waals surface area contributed by atoms with E-state index in [1.807, 2.05) is 37.4 Å². The van der Waals surface area contributed by atoms with Crippen molar-refractivity contribution >= 4 is 28.4 Å². The van der Waals surface area contributed by atoms with Crippen LogP contribution in [0.25, 0.3) is 22.2 Å². The molecule has 0 N–H and O–H groups in total. The second kappa shape index (κ2) is 10.1. The summed E-state index contributed by atoms with van der Waals surface area (Å²) < 4.78 is 15.6. The number of carbonyl (C=O) groups is 1. The van der Waals surface area contributed by atoms with Crippen molar-refractivity contribution in [3.8, 4) is 11.3 Å². The first kappa shape index (κ1) is 23.5. The van der Waals surface area contributed by atoms with E-state index in [-0.39, 0.29) is 23.7 Å². The number of hydrogen-bond donors (Lipinski definition) is 0. The number of rotatable bonds is 8. The van der Waals surface area contributed by atoms with Crippen LogP contribution in [0.5, 0.6) is 0 Å². The summed E-state index contributed by atoms with van der Waals surface area (Å²) in [4.78, 5) is 20.8. The largest absolute Gasteiger partial charge is 0.293 e. The molecule has 1 saturated heterocycles. The first-order valence-corrected chi connectivity index (χ1v) is 12.7. The third kappa shape index (κ3) is 4.79. The van der Waals surface area contributed by atoms with Gasteiger partial charge in [0.15, 0.2) is 5.78 Å². The monoisotopic (exact) mass is 486 g/mol. The molecule has 5 rings (SSSR count). The topological polar surface area (TPSA) is 51.0 Å². The van der Waals surface area contributed by atoms with Crippen LogP contribution >= 0.6 is 11.8 Å². The van der Waals surface area contributed by atoms with Gasteiger partial charge in [-0.1, -0.05) is 43.5 Å². The Morgan fingerprint density at radius 2 is 2.06 bits per heavy atom. The first-order chi connectivity index (χ1) is 17.1. The molecule has 2 atom stereocenters. The van der Waals surface area contributed by atoms with Crippen molar-refractivity contribution < 1.29 is 9.18 Å². The van der Waals surface area contributed by atoms with Gasteiger partial charge >= 0.3 is 0 Å². The number of aromatic nitrogens is 3. The van der Waals surface area contributed by atoms with Crippen LogP contribution in [0, 0.1) is 5.82 Å². The van der Waals surface area contributed by atoms with Gasteiger partial charge in [0, 0.05) is 46.2 Å². The van der Waals surface area contributed by atoms with Crippen LogP contribution in [-0.4, -0.2) is 44.6 Å². The van der Waals surface area contributed by atoms with Gasteiger partial charge in [-0.3, -0.25) is 19.4 Å². The Labute approximate surface area is 208 Å².